The molecule has 1 aliphatic heterocycles. The van der Waals surface area contributed by atoms with Crippen LogP contribution in [0.3, 0.4) is 0 Å². The molecule has 1 aromatic rings. The van der Waals surface area contributed by atoms with Gasteiger partial charge in [-0.1, -0.05) is 31.8 Å². The Hall–Kier alpha value is -1.47. The Morgan fingerprint density at radius 3 is 2.60 bits per heavy atom. The van der Waals surface area contributed by atoms with Crippen molar-refractivity contribution in [1.82, 2.24) is 15.5 Å². The van der Waals surface area contributed by atoms with E-state index in [-0.39, 0.29) is 30.2 Å². The Kier molecular flexibility index (Phi) is 5.74. The molecule has 7 heteroatoms. The Labute approximate surface area is 148 Å². The summed E-state index contributed by atoms with van der Waals surface area (Å²) in [4.78, 5) is 17.1. The summed E-state index contributed by atoms with van der Waals surface area (Å²) in [7, 11) is 0. The van der Waals surface area contributed by atoms with Gasteiger partial charge >= 0.3 is 0 Å². The van der Waals surface area contributed by atoms with Gasteiger partial charge in [0, 0.05) is 19.1 Å². The maximum absolute atomic E-state index is 12.6. The monoisotopic (exact) mass is 351 g/mol. The van der Waals surface area contributed by atoms with Crippen LogP contribution in [0.1, 0.15) is 82.5 Å². The zero-order chi connectivity index (χ0) is 17.9. The highest BCUT2D eigenvalue weighted by Gasteiger charge is 2.36. The van der Waals surface area contributed by atoms with Crippen molar-refractivity contribution in [2.75, 3.05) is 13.2 Å². The average molecular weight is 351 g/mol. The van der Waals surface area contributed by atoms with Gasteiger partial charge < -0.3 is 19.7 Å². The Balaban J connectivity index is 1.72. The summed E-state index contributed by atoms with van der Waals surface area (Å²) in [6, 6.07) is -0.318. The lowest BCUT2D eigenvalue weighted by molar-refractivity contribution is -0.127. The molecular formula is C18H29N3O4. The summed E-state index contributed by atoms with van der Waals surface area (Å²) in [5.74, 6) is 1.34. The van der Waals surface area contributed by atoms with Crippen molar-refractivity contribution >= 4 is 5.91 Å². The lowest BCUT2D eigenvalue weighted by Gasteiger charge is -2.30. The van der Waals surface area contributed by atoms with E-state index in [2.05, 4.69) is 15.5 Å². The molecule has 3 rings (SSSR count). The van der Waals surface area contributed by atoms with E-state index in [1.54, 1.807) is 0 Å². The highest BCUT2D eigenvalue weighted by Crippen LogP contribution is 2.34. The van der Waals surface area contributed by atoms with E-state index >= 15 is 0 Å². The maximum Gasteiger partial charge on any atom is 0.249 e. The molecule has 1 aromatic heterocycles. The first-order chi connectivity index (χ1) is 12.0. The molecule has 2 N–H and O–H groups in total. The number of aromatic nitrogens is 2. The van der Waals surface area contributed by atoms with Gasteiger partial charge in [0.1, 0.15) is 6.04 Å². The maximum atomic E-state index is 12.6. The molecule has 1 aliphatic carbocycles. The topological polar surface area (TPSA) is 97.5 Å². The predicted octanol–water partition coefficient (Wildman–Crippen LogP) is 2.47. The molecule has 1 atom stereocenters. The van der Waals surface area contributed by atoms with Gasteiger partial charge in [-0.3, -0.25) is 4.79 Å². The first-order valence-corrected chi connectivity index (χ1v) is 9.40. The van der Waals surface area contributed by atoms with Crippen molar-refractivity contribution in [3.8, 4) is 0 Å². The average Bonchev–Trinajstić information content (AvgIpc) is 3.23. The van der Waals surface area contributed by atoms with Gasteiger partial charge in [0.15, 0.2) is 5.82 Å². The van der Waals surface area contributed by atoms with Crippen LogP contribution >= 0.6 is 0 Å². The van der Waals surface area contributed by atoms with Crippen LogP contribution in [0.4, 0.5) is 0 Å². The number of amides is 1. The Morgan fingerprint density at radius 2 is 2.00 bits per heavy atom. The zero-order valence-electron chi connectivity index (χ0n) is 15.2. The van der Waals surface area contributed by atoms with Crippen molar-refractivity contribution in [2.45, 2.75) is 76.4 Å². The third-order valence-corrected chi connectivity index (χ3v) is 5.32. The number of nitrogens with one attached hydrogen (secondary N) is 1. The molecule has 0 radical (unpaired) electrons. The Morgan fingerprint density at radius 1 is 1.32 bits per heavy atom. The summed E-state index contributed by atoms with van der Waals surface area (Å²) >= 11 is 0. The second-order valence-electron chi connectivity index (χ2n) is 7.75. The molecule has 1 saturated carbocycles. The molecule has 1 saturated heterocycles. The van der Waals surface area contributed by atoms with Crippen LogP contribution in [0.5, 0.6) is 0 Å². The minimum atomic E-state index is -0.859. The number of nitrogens with zero attached hydrogens (tertiary/aromatic N) is 2. The quantitative estimate of drug-likeness (QED) is 0.817. The van der Waals surface area contributed by atoms with Crippen LogP contribution in [0.2, 0.25) is 0 Å². The van der Waals surface area contributed by atoms with E-state index in [9.17, 15) is 9.90 Å². The van der Waals surface area contributed by atoms with E-state index in [0.717, 1.165) is 25.7 Å². The highest BCUT2D eigenvalue weighted by molar-refractivity contribution is 5.77. The summed E-state index contributed by atoms with van der Waals surface area (Å²) in [6.07, 6.45) is 5.17. The fraction of sp³-hybridized carbons (Fsp3) is 0.833. The van der Waals surface area contributed by atoms with E-state index < -0.39 is 5.60 Å². The van der Waals surface area contributed by atoms with Gasteiger partial charge in [-0.25, -0.2) is 0 Å². The van der Waals surface area contributed by atoms with E-state index in [1.165, 1.54) is 0 Å². The van der Waals surface area contributed by atoms with E-state index in [4.69, 9.17) is 9.26 Å². The van der Waals surface area contributed by atoms with Gasteiger partial charge in [-0.15, -0.1) is 0 Å². The molecule has 0 bridgehead atoms. The van der Waals surface area contributed by atoms with E-state index in [1.807, 2.05) is 13.8 Å². The third kappa shape index (κ3) is 4.58. The summed E-state index contributed by atoms with van der Waals surface area (Å²) in [6.45, 7) is 5.36. The van der Waals surface area contributed by atoms with Crippen LogP contribution in [0, 0.1) is 5.92 Å². The first-order valence-electron chi connectivity index (χ1n) is 9.40. The lowest BCUT2D eigenvalue weighted by Crippen LogP contribution is -2.40. The molecule has 2 fully saturated rings. The normalized spacial score (nSPS) is 22.2. The van der Waals surface area contributed by atoms with Gasteiger partial charge in [0.05, 0.1) is 12.0 Å². The third-order valence-electron chi connectivity index (χ3n) is 5.32. The fourth-order valence-corrected chi connectivity index (χ4v) is 3.77. The van der Waals surface area contributed by atoms with Crippen LogP contribution in [0.25, 0.3) is 0 Å². The van der Waals surface area contributed by atoms with Gasteiger partial charge in [-0.2, -0.15) is 4.98 Å². The highest BCUT2D eigenvalue weighted by atomic mass is 16.5. The fourth-order valence-electron chi connectivity index (χ4n) is 3.77. The summed E-state index contributed by atoms with van der Waals surface area (Å²) in [5, 5.41) is 17.6. The molecular weight excluding hydrogens is 322 g/mol. The standard InChI is InChI=1S/C18H29N3O4/c1-12(2)16-20-17(25-21-16)15(13-5-9-24-10-6-13)19-14(22)11-18(23)7-3-4-8-18/h12-13,15,23H,3-11H2,1-2H3,(H,19,22). The number of hydrogen-bond donors (Lipinski definition) is 2. The SMILES string of the molecule is CC(C)c1noc(C(NC(=O)CC2(O)CCCC2)C2CCOCC2)n1. The smallest absolute Gasteiger partial charge is 0.249 e. The minimum Gasteiger partial charge on any atom is -0.389 e. The van der Waals surface area contributed by atoms with Crippen molar-refractivity contribution < 1.29 is 19.2 Å². The molecule has 1 amide bonds. The van der Waals surface area contributed by atoms with Crippen LogP contribution < -0.4 is 5.32 Å². The summed E-state index contributed by atoms with van der Waals surface area (Å²) < 4.78 is 10.9. The number of carbonyl (C=O) groups excluding carboxylic acids is 1. The molecule has 2 aliphatic rings. The lowest BCUT2D eigenvalue weighted by atomic mass is 9.90. The molecule has 0 aromatic carbocycles. The molecule has 140 valence electrons. The van der Waals surface area contributed by atoms with Crippen molar-refractivity contribution in [1.29, 1.82) is 0 Å². The number of rotatable bonds is 6. The van der Waals surface area contributed by atoms with Crippen LogP contribution in [-0.4, -0.2) is 40.0 Å². The second-order valence-corrected chi connectivity index (χ2v) is 7.75. The number of carbonyl (C=O) groups is 1. The Bertz CT molecular complexity index is 575. The van der Waals surface area contributed by atoms with Gasteiger partial charge in [-0.05, 0) is 31.6 Å². The van der Waals surface area contributed by atoms with Crippen LogP contribution in [-0.2, 0) is 9.53 Å². The zero-order valence-corrected chi connectivity index (χ0v) is 15.2. The predicted molar refractivity (Wildman–Crippen MR) is 90.8 cm³/mol. The van der Waals surface area contributed by atoms with E-state index in [0.29, 0.717) is 37.8 Å². The molecule has 1 unspecified atom stereocenters. The second kappa shape index (κ2) is 7.83. The first kappa shape index (κ1) is 18.3. The number of aliphatic hydroxyl groups is 1. The van der Waals surface area contributed by atoms with Crippen LogP contribution in [0.15, 0.2) is 4.52 Å². The molecule has 25 heavy (non-hydrogen) atoms. The molecule has 0 spiro atoms. The van der Waals surface area contributed by atoms with Crippen molar-refractivity contribution in [2.24, 2.45) is 5.92 Å². The summed E-state index contributed by atoms with van der Waals surface area (Å²) in [5.41, 5.74) is -0.859. The van der Waals surface area contributed by atoms with Crippen molar-refractivity contribution in [3.05, 3.63) is 11.7 Å². The number of ether oxygens (including phenoxy) is 1. The van der Waals surface area contributed by atoms with Gasteiger partial charge in [0.2, 0.25) is 11.8 Å². The minimum absolute atomic E-state index is 0.137. The molecule has 7 nitrogen and oxygen atoms in total. The molecule has 2 heterocycles. The largest absolute Gasteiger partial charge is 0.389 e. The van der Waals surface area contributed by atoms with Gasteiger partial charge in [0.25, 0.3) is 0 Å². The van der Waals surface area contributed by atoms with Crippen molar-refractivity contribution in [3.63, 3.8) is 0 Å². The number of hydrogen-bond acceptors (Lipinski definition) is 6.